The largest absolute Gasteiger partial charge is 0.255 e. The molecule has 0 aliphatic carbocycles. The van der Waals surface area contributed by atoms with E-state index in [-0.39, 0.29) is 5.56 Å². The average Bonchev–Trinajstić information content (AvgIpc) is 3.44. The maximum atomic E-state index is 8.10. The number of aromatic nitrogens is 1. The number of nitrogens with zero attached hydrogens (tertiary/aromatic N) is 1. The van der Waals surface area contributed by atoms with Crippen molar-refractivity contribution in [2.45, 2.75) is 46.4 Å². The van der Waals surface area contributed by atoms with Gasteiger partial charge in [0.15, 0.2) is 0 Å². The fraction of sp³-hybridized carbons (Fsp3) is 0.184. The van der Waals surface area contributed by atoms with Gasteiger partial charge in [-0.15, -0.1) is 11.3 Å². The van der Waals surface area contributed by atoms with Crippen molar-refractivity contribution in [3.05, 3.63) is 114 Å². The Morgan fingerprint density at radius 1 is 0.650 bits per heavy atom. The van der Waals surface area contributed by atoms with Gasteiger partial charge in [0, 0.05) is 41.4 Å². The molecule has 0 fully saturated rings. The molecule has 0 aliphatic heterocycles. The average molecular weight is 539 g/mol. The van der Waals surface area contributed by atoms with Crippen molar-refractivity contribution in [2.24, 2.45) is 0 Å². The minimum Gasteiger partial charge on any atom is -0.255 e. The van der Waals surface area contributed by atoms with Crippen LogP contribution in [-0.2, 0) is 0 Å². The second kappa shape index (κ2) is 9.57. The van der Waals surface area contributed by atoms with Crippen LogP contribution in [0.5, 0.6) is 0 Å². The predicted molar refractivity (Wildman–Crippen MR) is 176 cm³/mol. The number of hydrogen-bond donors (Lipinski definition) is 0. The van der Waals surface area contributed by atoms with E-state index < -0.39 is 6.85 Å². The second-order valence-corrected chi connectivity index (χ2v) is 12.5. The zero-order valence-electron chi connectivity index (χ0n) is 26.2. The summed E-state index contributed by atoms with van der Waals surface area (Å²) in [7, 11) is 0. The quantitative estimate of drug-likeness (QED) is 0.203. The lowest BCUT2D eigenvalue weighted by atomic mass is 9.84. The Hall–Kier alpha value is -4.01. The molecule has 0 aliphatic rings. The summed E-state index contributed by atoms with van der Waals surface area (Å²) in [5.74, 6) is 0.683. The van der Waals surface area contributed by atoms with Crippen LogP contribution in [-0.4, -0.2) is 4.98 Å². The first-order valence-electron chi connectivity index (χ1n) is 15.5. The van der Waals surface area contributed by atoms with Gasteiger partial charge in [0.1, 0.15) is 0 Å². The molecule has 0 radical (unpaired) electrons. The van der Waals surface area contributed by atoms with Gasteiger partial charge < -0.3 is 0 Å². The van der Waals surface area contributed by atoms with Crippen molar-refractivity contribution in [3.63, 3.8) is 0 Å². The normalized spacial score (nSPS) is 13.5. The lowest BCUT2D eigenvalue weighted by Gasteiger charge is -2.21. The highest BCUT2D eigenvalue weighted by molar-refractivity contribution is 7.22. The molecule has 2 heteroatoms. The molecule has 0 amide bonds. The van der Waals surface area contributed by atoms with Crippen molar-refractivity contribution in [1.82, 2.24) is 4.98 Å². The fourth-order valence-electron chi connectivity index (χ4n) is 6.22. The lowest BCUT2D eigenvalue weighted by Crippen LogP contribution is -2.00. The van der Waals surface area contributed by atoms with E-state index in [0.29, 0.717) is 11.8 Å². The Morgan fingerprint density at radius 2 is 1.35 bits per heavy atom. The molecule has 0 unspecified atom stereocenters. The SMILES string of the molecule is [2H]C([2H])([2H])c1cnc2c3ccccc3c3ccc4sc(-c5c(C(C)C)cc(-c6ccccc6)cc5C(C)C)cc4c3c2c1. The number of fused-ring (bicyclic) bond motifs is 8. The van der Waals surface area contributed by atoms with E-state index >= 15 is 0 Å². The van der Waals surface area contributed by atoms with Crippen molar-refractivity contribution in [1.29, 1.82) is 0 Å². The third-order valence-electron chi connectivity index (χ3n) is 8.13. The second-order valence-electron chi connectivity index (χ2n) is 11.4. The molecular weight excluding hydrogens is 502 g/mol. The molecule has 0 saturated heterocycles. The summed E-state index contributed by atoms with van der Waals surface area (Å²) in [5, 5.41) is 6.41. The lowest BCUT2D eigenvalue weighted by molar-refractivity contribution is 0.839. The van der Waals surface area contributed by atoms with Gasteiger partial charge in [-0.25, -0.2) is 0 Å². The first kappa shape index (κ1) is 21.8. The molecule has 0 saturated carbocycles. The maximum absolute atomic E-state index is 8.10. The molecule has 0 spiro atoms. The Balaban J connectivity index is 1.58. The number of hydrogen-bond acceptors (Lipinski definition) is 2. The van der Waals surface area contributed by atoms with Crippen LogP contribution in [0.15, 0.2) is 97.2 Å². The van der Waals surface area contributed by atoms with Crippen molar-refractivity contribution < 1.29 is 4.11 Å². The number of benzene rings is 5. The first-order chi connectivity index (χ1) is 20.6. The van der Waals surface area contributed by atoms with Crippen LogP contribution in [0.4, 0.5) is 0 Å². The third kappa shape index (κ3) is 3.93. The third-order valence-corrected chi connectivity index (χ3v) is 9.24. The Kier molecular flexibility index (Phi) is 5.21. The van der Waals surface area contributed by atoms with E-state index in [0.717, 1.165) is 37.8 Å². The van der Waals surface area contributed by atoms with Gasteiger partial charge in [0.05, 0.1) is 5.52 Å². The van der Waals surface area contributed by atoms with Crippen LogP contribution in [0, 0.1) is 6.85 Å². The summed E-state index contributed by atoms with van der Waals surface area (Å²) in [6.07, 6.45) is 1.52. The summed E-state index contributed by atoms with van der Waals surface area (Å²) in [6.45, 7) is 6.89. The van der Waals surface area contributed by atoms with Gasteiger partial charge >= 0.3 is 0 Å². The van der Waals surface area contributed by atoms with Gasteiger partial charge in [0.2, 0.25) is 0 Å². The molecule has 1 nitrogen and oxygen atoms in total. The molecule has 196 valence electrons. The van der Waals surface area contributed by atoms with Crippen molar-refractivity contribution in [2.75, 3.05) is 0 Å². The minimum absolute atomic E-state index is 0.268. The monoisotopic (exact) mass is 538 g/mol. The van der Waals surface area contributed by atoms with E-state index in [1.165, 1.54) is 43.6 Å². The van der Waals surface area contributed by atoms with Gasteiger partial charge in [-0.1, -0.05) is 100 Å². The summed E-state index contributed by atoms with van der Waals surface area (Å²) in [6, 6.07) is 32.3. The molecular formula is C38H33NS. The summed E-state index contributed by atoms with van der Waals surface area (Å²) < 4.78 is 25.5. The van der Waals surface area contributed by atoms with E-state index in [4.69, 9.17) is 9.10 Å². The van der Waals surface area contributed by atoms with Gasteiger partial charge in [0.25, 0.3) is 0 Å². The topological polar surface area (TPSA) is 12.9 Å². The van der Waals surface area contributed by atoms with E-state index in [9.17, 15) is 0 Å². The Labute approximate surface area is 244 Å². The van der Waals surface area contributed by atoms with Crippen LogP contribution >= 0.6 is 11.3 Å². The highest BCUT2D eigenvalue weighted by atomic mass is 32.1. The van der Waals surface area contributed by atoms with Crippen LogP contribution in [0.25, 0.3) is 64.1 Å². The molecule has 7 aromatic rings. The highest BCUT2D eigenvalue weighted by Gasteiger charge is 2.21. The molecule has 0 bridgehead atoms. The summed E-state index contributed by atoms with van der Waals surface area (Å²) >= 11 is 1.82. The molecule has 0 atom stereocenters. The minimum atomic E-state index is -2.23. The zero-order chi connectivity index (χ0) is 30.0. The molecule has 2 aromatic heterocycles. The van der Waals surface area contributed by atoms with Crippen molar-refractivity contribution in [3.8, 4) is 21.6 Å². The maximum Gasteiger partial charge on any atom is 0.0787 e. The first-order valence-corrected chi connectivity index (χ1v) is 14.8. The fourth-order valence-corrected chi connectivity index (χ4v) is 7.38. The molecule has 2 heterocycles. The molecule has 7 rings (SSSR count). The van der Waals surface area contributed by atoms with Gasteiger partial charge in [-0.3, -0.25) is 4.98 Å². The Bertz CT molecular complexity index is 2140. The highest BCUT2D eigenvalue weighted by Crippen LogP contribution is 2.47. The van der Waals surface area contributed by atoms with Crippen molar-refractivity contribution >= 4 is 53.9 Å². The molecule has 0 N–H and O–H groups in total. The van der Waals surface area contributed by atoms with Crippen LogP contribution in [0.2, 0.25) is 0 Å². The number of pyridine rings is 1. The predicted octanol–water partition coefficient (Wildman–Crippen LogP) is 11.6. The van der Waals surface area contributed by atoms with Gasteiger partial charge in [-0.2, -0.15) is 0 Å². The summed E-state index contributed by atoms with van der Waals surface area (Å²) in [4.78, 5) is 6.00. The smallest absolute Gasteiger partial charge is 0.0787 e. The standard InChI is InChI=1S/C38H33NS/c1-22(2)30-18-26(25-11-7-6-8-12-25)19-31(23(3)4)37(30)35-20-32-34(40-35)16-15-28-27-13-9-10-14-29(27)38-33(36(28)32)17-24(5)21-39-38/h6-23H,1-5H3/i5D3. The van der Waals surface area contributed by atoms with Crippen LogP contribution in [0.3, 0.4) is 0 Å². The summed E-state index contributed by atoms with van der Waals surface area (Å²) in [5.41, 5.74) is 7.62. The molecule has 40 heavy (non-hydrogen) atoms. The van der Waals surface area contributed by atoms with Crippen LogP contribution < -0.4 is 0 Å². The van der Waals surface area contributed by atoms with E-state index in [1.807, 2.05) is 23.5 Å². The molecule has 5 aromatic carbocycles. The number of thiophene rings is 1. The van der Waals surface area contributed by atoms with Gasteiger partial charge in [-0.05, 0) is 81.0 Å². The number of rotatable bonds is 4. The Morgan fingerprint density at radius 3 is 2.05 bits per heavy atom. The van der Waals surface area contributed by atoms with E-state index in [1.54, 1.807) is 0 Å². The zero-order valence-corrected chi connectivity index (χ0v) is 24.1. The van der Waals surface area contributed by atoms with E-state index in [2.05, 4.69) is 107 Å². The van der Waals surface area contributed by atoms with Crippen LogP contribution in [0.1, 0.15) is 60.3 Å². The number of aryl methyl sites for hydroxylation is 1.